The van der Waals surface area contributed by atoms with E-state index in [0.29, 0.717) is 18.8 Å². The Balaban J connectivity index is 1.87. The fraction of sp³-hybridized carbons (Fsp3) is 0.636. The number of amides is 1. The van der Waals surface area contributed by atoms with Crippen LogP contribution in [-0.2, 0) is 4.74 Å². The van der Waals surface area contributed by atoms with Gasteiger partial charge in [-0.25, -0.2) is 4.79 Å². The van der Waals surface area contributed by atoms with Crippen LogP contribution < -0.4 is 5.73 Å². The molecule has 6 heteroatoms. The second-order valence-electron chi connectivity index (χ2n) is 5.24. The van der Waals surface area contributed by atoms with E-state index in [-0.39, 0.29) is 12.0 Å². The highest BCUT2D eigenvalue weighted by Crippen LogP contribution is 2.30. The van der Waals surface area contributed by atoms with Crippen molar-refractivity contribution in [3.63, 3.8) is 0 Å². The monoisotopic (exact) mass is 239 g/mol. The van der Waals surface area contributed by atoms with Crippen LogP contribution in [0, 0.1) is 0 Å². The molecule has 1 aromatic heterocycles. The smallest absolute Gasteiger partial charge is 0.410 e. The number of ether oxygens (including phenoxy) is 1. The number of hydrogen-bond acceptors (Lipinski definition) is 5. The third-order valence-electron chi connectivity index (χ3n) is 2.55. The molecule has 0 aliphatic carbocycles. The third kappa shape index (κ3) is 2.51. The summed E-state index contributed by atoms with van der Waals surface area (Å²) in [6.07, 6.45) is 1.11. The number of hydrogen-bond donors (Lipinski definition) is 1. The van der Waals surface area contributed by atoms with Crippen molar-refractivity contribution in [2.24, 2.45) is 0 Å². The Bertz CT molecular complexity index is 416. The lowest BCUT2D eigenvalue weighted by Crippen LogP contribution is -2.50. The lowest BCUT2D eigenvalue weighted by Gasteiger charge is -2.38. The van der Waals surface area contributed by atoms with Crippen molar-refractivity contribution in [1.29, 1.82) is 0 Å². The second kappa shape index (κ2) is 3.94. The molecule has 1 saturated heterocycles. The molecule has 0 radical (unpaired) electrons. The molecule has 0 unspecified atom stereocenters. The van der Waals surface area contributed by atoms with Crippen LogP contribution in [-0.4, -0.2) is 34.8 Å². The average molecular weight is 239 g/mol. The predicted molar refractivity (Wildman–Crippen MR) is 61.5 cm³/mol. The normalized spacial score (nSPS) is 16.8. The third-order valence-corrected chi connectivity index (χ3v) is 2.55. The molecule has 1 fully saturated rings. The van der Waals surface area contributed by atoms with Crippen molar-refractivity contribution in [1.82, 2.24) is 10.1 Å². The Labute approximate surface area is 99.7 Å². The number of nitrogens with two attached hydrogens (primary N) is 1. The first-order valence-electron chi connectivity index (χ1n) is 5.54. The van der Waals surface area contributed by atoms with Gasteiger partial charge in [-0.3, -0.25) is 0 Å². The summed E-state index contributed by atoms with van der Waals surface area (Å²) in [4.78, 5) is 13.3. The van der Waals surface area contributed by atoms with Crippen molar-refractivity contribution >= 4 is 11.8 Å². The van der Waals surface area contributed by atoms with Gasteiger partial charge >= 0.3 is 6.09 Å². The topological polar surface area (TPSA) is 81.6 Å². The van der Waals surface area contributed by atoms with Gasteiger partial charge in [0.1, 0.15) is 17.6 Å². The number of carbonyl (C=O) groups excluding carboxylic acids is 1. The Morgan fingerprint density at radius 1 is 1.59 bits per heavy atom. The predicted octanol–water partition coefficient (Wildman–Crippen LogP) is 1.59. The summed E-state index contributed by atoms with van der Waals surface area (Å²) in [5.74, 6) is 0.154. The highest BCUT2D eigenvalue weighted by Gasteiger charge is 2.36. The molecule has 0 atom stereocenters. The van der Waals surface area contributed by atoms with Crippen molar-refractivity contribution in [2.75, 3.05) is 18.8 Å². The van der Waals surface area contributed by atoms with Crippen LogP contribution in [0.5, 0.6) is 0 Å². The Hall–Kier alpha value is -1.72. The minimum atomic E-state index is -0.463. The Morgan fingerprint density at radius 3 is 2.71 bits per heavy atom. The van der Waals surface area contributed by atoms with Crippen LogP contribution in [0.4, 0.5) is 10.5 Å². The molecular formula is C11H17N3O3. The zero-order chi connectivity index (χ0) is 12.6. The Morgan fingerprint density at radius 2 is 2.24 bits per heavy atom. The molecule has 1 aliphatic heterocycles. The van der Waals surface area contributed by atoms with E-state index >= 15 is 0 Å². The van der Waals surface area contributed by atoms with Crippen molar-refractivity contribution in [3.8, 4) is 0 Å². The molecular weight excluding hydrogens is 222 g/mol. The van der Waals surface area contributed by atoms with E-state index in [0.717, 1.165) is 5.69 Å². The summed E-state index contributed by atoms with van der Waals surface area (Å²) in [5, 5.41) is 3.83. The first-order chi connectivity index (χ1) is 7.87. The molecule has 94 valence electrons. The number of likely N-dealkylation sites (tertiary alicyclic amines) is 1. The maximum absolute atomic E-state index is 11.7. The number of nitrogens with zero attached hydrogens (tertiary/aromatic N) is 2. The van der Waals surface area contributed by atoms with Gasteiger partial charge in [0, 0.05) is 19.0 Å². The zero-order valence-electron chi connectivity index (χ0n) is 10.3. The van der Waals surface area contributed by atoms with Crippen LogP contribution in [0.25, 0.3) is 0 Å². The molecule has 0 spiro atoms. The summed E-state index contributed by atoms with van der Waals surface area (Å²) >= 11 is 0. The van der Waals surface area contributed by atoms with E-state index < -0.39 is 5.60 Å². The SMILES string of the molecule is CC(C)(C)OC(=O)N1CC(c2nocc2N)C1. The molecule has 1 amide bonds. The molecule has 2 N–H and O–H groups in total. The molecule has 1 aliphatic rings. The number of rotatable bonds is 1. The summed E-state index contributed by atoms with van der Waals surface area (Å²) in [6.45, 7) is 6.69. The minimum absolute atomic E-state index is 0.154. The van der Waals surface area contributed by atoms with Gasteiger partial charge in [0.05, 0.1) is 5.69 Å². The van der Waals surface area contributed by atoms with Gasteiger partial charge in [-0.2, -0.15) is 0 Å². The van der Waals surface area contributed by atoms with E-state index in [1.807, 2.05) is 20.8 Å². The average Bonchev–Trinajstić information content (AvgIpc) is 2.46. The Kier molecular flexibility index (Phi) is 2.73. The van der Waals surface area contributed by atoms with E-state index in [4.69, 9.17) is 15.0 Å². The lowest BCUT2D eigenvalue weighted by molar-refractivity contribution is 0.00768. The van der Waals surface area contributed by atoms with E-state index in [2.05, 4.69) is 5.16 Å². The number of nitrogen functional groups attached to an aromatic ring is 1. The first kappa shape index (κ1) is 11.8. The van der Waals surface area contributed by atoms with Crippen molar-refractivity contribution in [3.05, 3.63) is 12.0 Å². The molecule has 2 rings (SSSR count). The van der Waals surface area contributed by atoms with Crippen molar-refractivity contribution in [2.45, 2.75) is 32.3 Å². The van der Waals surface area contributed by atoms with Crippen LogP contribution in [0.15, 0.2) is 10.8 Å². The van der Waals surface area contributed by atoms with Crippen LogP contribution in [0.1, 0.15) is 32.4 Å². The largest absolute Gasteiger partial charge is 0.444 e. The molecule has 0 aromatic carbocycles. The lowest BCUT2D eigenvalue weighted by atomic mass is 9.96. The summed E-state index contributed by atoms with van der Waals surface area (Å²) in [7, 11) is 0. The molecule has 2 heterocycles. The van der Waals surface area contributed by atoms with E-state index in [9.17, 15) is 4.79 Å². The molecule has 17 heavy (non-hydrogen) atoms. The molecule has 6 nitrogen and oxygen atoms in total. The number of anilines is 1. The van der Waals surface area contributed by atoms with Gasteiger partial charge in [-0.15, -0.1) is 0 Å². The summed E-state index contributed by atoms with van der Waals surface area (Å²) in [6, 6.07) is 0. The first-order valence-corrected chi connectivity index (χ1v) is 5.54. The van der Waals surface area contributed by atoms with Crippen LogP contribution in [0.3, 0.4) is 0 Å². The zero-order valence-corrected chi connectivity index (χ0v) is 10.3. The van der Waals surface area contributed by atoms with Gasteiger partial charge < -0.3 is 19.9 Å². The van der Waals surface area contributed by atoms with Crippen molar-refractivity contribution < 1.29 is 14.1 Å². The number of carbonyl (C=O) groups is 1. The van der Waals surface area contributed by atoms with Gasteiger partial charge in [-0.05, 0) is 20.8 Å². The fourth-order valence-electron chi connectivity index (χ4n) is 1.69. The van der Waals surface area contributed by atoms with Gasteiger partial charge in [-0.1, -0.05) is 5.16 Å². The highest BCUT2D eigenvalue weighted by atomic mass is 16.6. The van der Waals surface area contributed by atoms with E-state index in [1.165, 1.54) is 6.26 Å². The standard InChI is InChI=1S/C11H17N3O3/c1-11(2,3)17-10(15)14-4-7(5-14)9-8(12)6-16-13-9/h6-7H,4-5,12H2,1-3H3. The number of aromatic nitrogens is 1. The van der Waals surface area contributed by atoms with Gasteiger partial charge in [0.2, 0.25) is 0 Å². The summed E-state index contributed by atoms with van der Waals surface area (Å²) < 4.78 is 10.0. The maximum atomic E-state index is 11.7. The molecule has 1 aromatic rings. The fourth-order valence-corrected chi connectivity index (χ4v) is 1.69. The second-order valence-corrected chi connectivity index (χ2v) is 5.24. The quantitative estimate of drug-likeness (QED) is 0.804. The maximum Gasteiger partial charge on any atom is 0.410 e. The van der Waals surface area contributed by atoms with Crippen LogP contribution in [0.2, 0.25) is 0 Å². The van der Waals surface area contributed by atoms with Crippen LogP contribution >= 0.6 is 0 Å². The van der Waals surface area contributed by atoms with E-state index in [1.54, 1.807) is 4.90 Å². The molecule has 0 bridgehead atoms. The summed E-state index contributed by atoms with van der Waals surface area (Å²) in [5.41, 5.74) is 6.49. The molecule has 0 saturated carbocycles. The van der Waals surface area contributed by atoms with Gasteiger partial charge in [0.15, 0.2) is 0 Å². The van der Waals surface area contributed by atoms with Gasteiger partial charge in [0.25, 0.3) is 0 Å². The highest BCUT2D eigenvalue weighted by molar-refractivity contribution is 5.69. The minimum Gasteiger partial charge on any atom is -0.444 e.